The van der Waals surface area contributed by atoms with Crippen molar-refractivity contribution in [3.8, 4) is 6.07 Å². The maximum absolute atomic E-state index is 8.63. The Morgan fingerprint density at radius 2 is 2.18 bits per heavy atom. The lowest BCUT2D eigenvalue weighted by Gasteiger charge is -2.08. The molecule has 0 saturated carbocycles. The van der Waals surface area contributed by atoms with Gasteiger partial charge in [-0.3, -0.25) is 0 Å². The van der Waals surface area contributed by atoms with Gasteiger partial charge in [0.25, 0.3) is 0 Å². The zero-order chi connectivity index (χ0) is 12.3. The molecule has 1 N–H and O–H groups in total. The van der Waals surface area contributed by atoms with Crippen LogP contribution >= 0.6 is 11.6 Å². The minimum atomic E-state index is 0.317. The van der Waals surface area contributed by atoms with Crippen LogP contribution in [0.15, 0.2) is 34.7 Å². The number of hydrogen-bond donors (Lipinski definition) is 1. The molecule has 1 aromatic heterocycles. The van der Waals surface area contributed by atoms with E-state index in [0.29, 0.717) is 23.1 Å². The van der Waals surface area contributed by atoms with Gasteiger partial charge in [0.05, 0.1) is 17.3 Å². The summed E-state index contributed by atoms with van der Waals surface area (Å²) in [7, 11) is 0. The van der Waals surface area contributed by atoms with Gasteiger partial charge in [-0.25, -0.2) is 0 Å². The van der Waals surface area contributed by atoms with E-state index >= 15 is 0 Å². The molecule has 0 radical (unpaired) electrons. The lowest BCUT2D eigenvalue weighted by atomic mass is 10.2. The van der Waals surface area contributed by atoms with Crippen LogP contribution in [0.25, 0.3) is 0 Å². The molecule has 0 amide bonds. The Balaban J connectivity index is 2.07. The summed E-state index contributed by atoms with van der Waals surface area (Å²) < 4.78 is 5.26. The second kappa shape index (κ2) is 4.94. The number of hydrogen-bond acceptors (Lipinski definition) is 3. The quantitative estimate of drug-likeness (QED) is 0.898. The fraction of sp³-hybridized carbons (Fsp3) is 0.154. The van der Waals surface area contributed by atoms with Gasteiger partial charge < -0.3 is 9.73 Å². The van der Waals surface area contributed by atoms with Crippen molar-refractivity contribution in [2.75, 3.05) is 5.32 Å². The smallest absolute Gasteiger partial charge is 0.203 e. The van der Waals surface area contributed by atoms with E-state index in [0.717, 1.165) is 11.3 Å². The first-order chi connectivity index (χ1) is 8.20. The van der Waals surface area contributed by atoms with Crippen molar-refractivity contribution in [2.24, 2.45) is 0 Å². The molecule has 2 aromatic rings. The maximum atomic E-state index is 8.63. The van der Waals surface area contributed by atoms with Gasteiger partial charge in [0.1, 0.15) is 11.8 Å². The predicted octanol–water partition coefficient (Wildman–Crippen LogP) is 3.73. The molecule has 17 heavy (non-hydrogen) atoms. The summed E-state index contributed by atoms with van der Waals surface area (Å²) in [6.45, 7) is 2.46. The van der Waals surface area contributed by atoms with Crippen molar-refractivity contribution in [2.45, 2.75) is 13.5 Å². The first kappa shape index (κ1) is 11.6. The Bertz CT molecular complexity index is 569. The summed E-state index contributed by atoms with van der Waals surface area (Å²) in [6.07, 6.45) is 0. The molecular formula is C13H11ClN2O. The molecule has 0 aliphatic rings. The zero-order valence-corrected chi connectivity index (χ0v) is 10.1. The number of nitrogens with zero attached hydrogens (tertiary/aromatic N) is 1. The predicted molar refractivity (Wildman–Crippen MR) is 66.9 cm³/mol. The van der Waals surface area contributed by atoms with E-state index in [1.165, 1.54) is 0 Å². The molecule has 0 spiro atoms. The molecule has 0 fully saturated rings. The molecule has 0 aliphatic carbocycles. The Hall–Kier alpha value is -1.92. The van der Waals surface area contributed by atoms with Gasteiger partial charge in [-0.2, -0.15) is 5.26 Å². The standard InChI is InChI=1S/C13H11ClN2O/c1-9-3-2-4-12(13(9)14)16-8-11-6-5-10(7-15)17-11/h2-6,16H,8H2,1H3. The van der Waals surface area contributed by atoms with Gasteiger partial charge in [0, 0.05) is 0 Å². The molecule has 0 atom stereocenters. The van der Waals surface area contributed by atoms with Crippen LogP contribution in [0.1, 0.15) is 17.1 Å². The van der Waals surface area contributed by atoms with Crippen molar-refractivity contribution in [1.82, 2.24) is 0 Å². The summed E-state index contributed by atoms with van der Waals surface area (Å²) >= 11 is 6.15. The third kappa shape index (κ3) is 2.61. The minimum absolute atomic E-state index is 0.317. The highest BCUT2D eigenvalue weighted by atomic mass is 35.5. The molecule has 86 valence electrons. The van der Waals surface area contributed by atoms with Gasteiger partial charge in [0.15, 0.2) is 0 Å². The van der Waals surface area contributed by atoms with Crippen LogP contribution in [-0.4, -0.2) is 0 Å². The fourth-order valence-electron chi connectivity index (χ4n) is 1.50. The van der Waals surface area contributed by atoms with Crippen LogP contribution < -0.4 is 5.32 Å². The maximum Gasteiger partial charge on any atom is 0.203 e. The van der Waals surface area contributed by atoms with Gasteiger partial charge in [0.2, 0.25) is 5.76 Å². The second-order valence-electron chi connectivity index (χ2n) is 3.67. The zero-order valence-electron chi connectivity index (χ0n) is 9.33. The summed E-state index contributed by atoms with van der Waals surface area (Å²) in [6, 6.07) is 11.2. The summed E-state index contributed by atoms with van der Waals surface area (Å²) in [5, 5.41) is 12.5. The number of rotatable bonds is 3. The van der Waals surface area contributed by atoms with Crippen molar-refractivity contribution in [3.05, 3.63) is 52.4 Å². The minimum Gasteiger partial charge on any atom is -0.449 e. The fourth-order valence-corrected chi connectivity index (χ4v) is 1.69. The highest BCUT2D eigenvalue weighted by Crippen LogP contribution is 2.25. The van der Waals surface area contributed by atoms with E-state index in [2.05, 4.69) is 5.32 Å². The van der Waals surface area contributed by atoms with Crippen LogP contribution in [0.2, 0.25) is 5.02 Å². The van der Waals surface area contributed by atoms with Crippen molar-refractivity contribution < 1.29 is 4.42 Å². The van der Waals surface area contributed by atoms with Gasteiger partial charge in [-0.15, -0.1) is 0 Å². The van der Waals surface area contributed by atoms with Gasteiger partial charge in [-0.05, 0) is 30.7 Å². The van der Waals surface area contributed by atoms with Crippen LogP contribution in [0.4, 0.5) is 5.69 Å². The monoisotopic (exact) mass is 246 g/mol. The number of furan rings is 1. The summed E-state index contributed by atoms with van der Waals surface area (Å²) in [4.78, 5) is 0. The van der Waals surface area contributed by atoms with Crippen LogP contribution in [0, 0.1) is 18.3 Å². The molecule has 3 nitrogen and oxygen atoms in total. The lowest BCUT2D eigenvalue weighted by Crippen LogP contribution is -1.99. The van der Waals surface area contributed by atoms with Crippen molar-refractivity contribution in [1.29, 1.82) is 5.26 Å². The number of anilines is 1. The van der Waals surface area contributed by atoms with E-state index in [1.54, 1.807) is 12.1 Å². The highest BCUT2D eigenvalue weighted by molar-refractivity contribution is 6.33. The molecule has 2 rings (SSSR count). The molecule has 1 heterocycles. The van der Waals surface area contributed by atoms with Crippen molar-refractivity contribution in [3.63, 3.8) is 0 Å². The molecule has 0 bridgehead atoms. The number of nitrogens with one attached hydrogen (secondary N) is 1. The lowest BCUT2D eigenvalue weighted by molar-refractivity contribution is 0.506. The number of nitriles is 1. The Morgan fingerprint density at radius 1 is 1.35 bits per heavy atom. The van der Waals surface area contributed by atoms with E-state index in [9.17, 15) is 0 Å². The number of benzene rings is 1. The Morgan fingerprint density at radius 3 is 2.88 bits per heavy atom. The van der Waals surface area contributed by atoms with Crippen LogP contribution in [0.5, 0.6) is 0 Å². The second-order valence-corrected chi connectivity index (χ2v) is 4.05. The first-order valence-electron chi connectivity index (χ1n) is 5.18. The van der Waals surface area contributed by atoms with Crippen molar-refractivity contribution >= 4 is 17.3 Å². The normalized spacial score (nSPS) is 9.94. The average molecular weight is 247 g/mol. The third-order valence-electron chi connectivity index (χ3n) is 2.42. The summed E-state index contributed by atoms with van der Waals surface area (Å²) in [5.74, 6) is 1.02. The Kier molecular flexibility index (Phi) is 3.36. The van der Waals surface area contributed by atoms with E-state index in [-0.39, 0.29) is 0 Å². The topological polar surface area (TPSA) is 49.0 Å². The molecule has 0 saturated heterocycles. The molecule has 0 aliphatic heterocycles. The molecule has 1 aromatic carbocycles. The Labute approximate surface area is 105 Å². The van der Waals surface area contributed by atoms with Gasteiger partial charge in [-0.1, -0.05) is 23.7 Å². The van der Waals surface area contributed by atoms with E-state index in [4.69, 9.17) is 21.3 Å². The molecule has 0 unspecified atom stereocenters. The largest absolute Gasteiger partial charge is 0.449 e. The summed E-state index contributed by atoms with van der Waals surface area (Å²) in [5.41, 5.74) is 1.88. The van der Waals surface area contributed by atoms with Crippen LogP contribution in [0.3, 0.4) is 0 Å². The molecular weight excluding hydrogens is 236 g/mol. The number of halogens is 1. The van der Waals surface area contributed by atoms with Crippen LogP contribution in [-0.2, 0) is 6.54 Å². The molecule has 4 heteroatoms. The number of aryl methyl sites for hydroxylation is 1. The highest BCUT2D eigenvalue weighted by Gasteiger charge is 2.04. The SMILES string of the molecule is Cc1cccc(NCc2ccc(C#N)o2)c1Cl. The van der Waals surface area contributed by atoms with E-state index < -0.39 is 0 Å². The van der Waals surface area contributed by atoms with Gasteiger partial charge >= 0.3 is 0 Å². The van der Waals surface area contributed by atoms with E-state index in [1.807, 2.05) is 31.2 Å². The average Bonchev–Trinajstić information content (AvgIpc) is 2.79. The third-order valence-corrected chi connectivity index (χ3v) is 2.92. The first-order valence-corrected chi connectivity index (χ1v) is 5.56.